The Labute approximate surface area is 113 Å². The molecule has 0 bridgehead atoms. The molecule has 1 aromatic heterocycles. The molecular formula is C14H21N3O2. The number of rotatable bonds is 3. The second kappa shape index (κ2) is 5.57. The van der Waals surface area contributed by atoms with Crippen molar-refractivity contribution in [3.05, 3.63) is 23.4 Å². The minimum Gasteiger partial charge on any atom is -0.478 e. The summed E-state index contributed by atoms with van der Waals surface area (Å²) in [4.78, 5) is 20.1. The average molecular weight is 263 g/mol. The normalized spacial score (nSPS) is 20.6. The van der Waals surface area contributed by atoms with Gasteiger partial charge in [0.05, 0.1) is 5.56 Å². The number of pyridine rings is 1. The third kappa shape index (κ3) is 3.04. The second-order valence-corrected chi connectivity index (χ2v) is 5.15. The lowest BCUT2D eigenvalue weighted by atomic mass is 10.1. The Bertz CT molecular complexity index is 476. The molecule has 1 aromatic rings. The topological polar surface area (TPSA) is 56.7 Å². The Morgan fingerprint density at radius 3 is 2.84 bits per heavy atom. The quantitative estimate of drug-likeness (QED) is 0.898. The Morgan fingerprint density at radius 1 is 1.47 bits per heavy atom. The van der Waals surface area contributed by atoms with E-state index in [2.05, 4.69) is 28.8 Å². The summed E-state index contributed by atoms with van der Waals surface area (Å²) in [6.07, 6.45) is 1.09. The van der Waals surface area contributed by atoms with Gasteiger partial charge in [-0.05, 0) is 32.5 Å². The van der Waals surface area contributed by atoms with E-state index in [1.54, 1.807) is 12.1 Å². The van der Waals surface area contributed by atoms with E-state index in [0.717, 1.165) is 37.6 Å². The zero-order chi connectivity index (χ0) is 14.0. The van der Waals surface area contributed by atoms with Gasteiger partial charge in [0.2, 0.25) is 0 Å². The second-order valence-electron chi connectivity index (χ2n) is 5.15. The molecular weight excluding hydrogens is 242 g/mol. The molecule has 2 rings (SSSR count). The number of carboxylic acids is 1. The molecule has 0 radical (unpaired) electrons. The molecule has 0 aliphatic carbocycles. The van der Waals surface area contributed by atoms with Gasteiger partial charge >= 0.3 is 5.97 Å². The van der Waals surface area contributed by atoms with Crippen molar-refractivity contribution in [2.24, 2.45) is 0 Å². The van der Waals surface area contributed by atoms with Crippen LogP contribution in [0.3, 0.4) is 0 Å². The lowest BCUT2D eigenvalue weighted by molar-refractivity contribution is 0.0696. The lowest BCUT2D eigenvalue weighted by Gasteiger charge is -2.39. The summed E-state index contributed by atoms with van der Waals surface area (Å²) in [5, 5.41) is 9.12. The zero-order valence-corrected chi connectivity index (χ0v) is 11.8. The standard InChI is InChI=1S/C14H21N3O2/c1-4-12-9-17(6-5-16(12)3)13-8-11(14(18)19)7-10(2)15-13/h7-8,12H,4-6,9H2,1-3H3,(H,18,19). The Morgan fingerprint density at radius 2 is 2.21 bits per heavy atom. The first-order valence-corrected chi connectivity index (χ1v) is 6.68. The number of carbonyl (C=O) groups is 1. The van der Waals surface area contributed by atoms with E-state index in [1.807, 2.05) is 6.92 Å². The summed E-state index contributed by atoms with van der Waals surface area (Å²) in [5.41, 5.74) is 1.07. The van der Waals surface area contributed by atoms with Crippen molar-refractivity contribution in [3.8, 4) is 0 Å². The fourth-order valence-electron chi connectivity index (χ4n) is 2.53. The maximum atomic E-state index is 11.1. The molecule has 19 heavy (non-hydrogen) atoms. The Kier molecular flexibility index (Phi) is 4.04. The number of carboxylic acid groups (broad SMARTS) is 1. The van der Waals surface area contributed by atoms with Crippen LogP contribution in [0.5, 0.6) is 0 Å². The molecule has 1 aliphatic heterocycles. The van der Waals surface area contributed by atoms with Crippen molar-refractivity contribution in [2.75, 3.05) is 31.6 Å². The van der Waals surface area contributed by atoms with Gasteiger partial charge in [-0.2, -0.15) is 0 Å². The Balaban J connectivity index is 2.24. The number of hydrogen-bond acceptors (Lipinski definition) is 4. The molecule has 1 unspecified atom stereocenters. The SMILES string of the molecule is CCC1CN(c2cc(C(=O)O)cc(C)n2)CCN1C. The van der Waals surface area contributed by atoms with Crippen LogP contribution in [0, 0.1) is 6.92 Å². The summed E-state index contributed by atoms with van der Waals surface area (Å²) in [6.45, 7) is 6.79. The molecule has 0 aromatic carbocycles. The van der Waals surface area contributed by atoms with Gasteiger partial charge in [-0.25, -0.2) is 9.78 Å². The number of nitrogens with zero attached hydrogens (tertiary/aromatic N) is 3. The van der Waals surface area contributed by atoms with E-state index in [9.17, 15) is 4.79 Å². The molecule has 1 atom stereocenters. The van der Waals surface area contributed by atoms with Crippen molar-refractivity contribution in [1.82, 2.24) is 9.88 Å². The van der Waals surface area contributed by atoms with Crippen LogP contribution >= 0.6 is 0 Å². The third-order valence-electron chi connectivity index (χ3n) is 3.76. The predicted molar refractivity (Wildman–Crippen MR) is 74.9 cm³/mol. The highest BCUT2D eigenvalue weighted by Gasteiger charge is 2.24. The number of likely N-dealkylation sites (N-methyl/N-ethyl adjacent to an activating group) is 1. The molecule has 0 saturated carbocycles. The van der Waals surface area contributed by atoms with Gasteiger partial charge in [0.15, 0.2) is 0 Å². The summed E-state index contributed by atoms with van der Waals surface area (Å²) in [7, 11) is 2.14. The van der Waals surface area contributed by atoms with E-state index in [4.69, 9.17) is 5.11 Å². The number of hydrogen-bond donors (Lipinski definition) is 1. The van der Waals surface area contributed by atoms with E-state index in [-0.39, 0.29) is 0 Å². The van der Waals surface area contributed by atoms with Crippen molar-refractivity contribution < 1.29 is 9.90 Å². The van der Waals surface area contributed by atoms with Crippen LogP contribution in [-0.4, -0.2) is 53.7 Å². The molecule has 104 valence electrons. The summed E-state index contributed by atoms with van der Waals surface area (Å²) in [6, 6.07) is 3.79. The minimum absolute atomic E-state index is 0.314. The van der Waals surface area contributed by atoms with Crippen LogP contribution in [0.1, 0.15) is 29.4 Å². The average Bonchev–Trinajstić information content (AvgIpc) is 2.38. The highest BCUT2D eigenvalue weighted by Crippen LogP contribution is 2.20. The third-order valence-corrected chi connectivity index (χ3v) is 3.76. The molecule has 5 nitrogen and oxygen atoms in total. The monoisotopic (exact) mass is 263 g/mol. The maximum Gasteiger partial charge on any atom is 0.335 e. The lowest BCUT2D eigenvalue weighted by Crippen LogP contribution is -2.51. The number of aromatic nitrogens is 1. The highest BCUT2D eigenvalue weighted by atomic mass is 16.4. The van der Waals surface area contributed by atoms with Crippen molar-refractivity contribution >= 4 is 11.8 Å². The first-order chi connectivity index (χ1) is 9.01. The van der Waals surface area contributed by atoms with Crippen LogP contribution in [0.25, 0.3) is 0 Å². The van der Waals surface area contributed by atoms with E-state index >= 15 is 0 Å². The van der Waals surface area contributed by atoms with Crippen LogP contribution in [-0.2, 0) is 0 Å². The molecule has 5 heteroatoms. The molecule has 0 spiro atoms. The summed E-state index contributed by atoms with van der Waals surface area (Å²) < 4.78 is 0. The van der Waals surface area contributed by atoms with Gasteiger partial charge < -0.3 is 10.0 Å². The largest absolute Gasteiger partial charge is 0.478 e. The number of aromatic carboxylic acids is 1. The van der Waals surface area contributed by atoms with Crippen LogP contribution in [0.2, 0.25) is 0 Å². The Hall–Kier alpha value is -1.62. The van der Waals surface area contributed by atoms with Crippen LogP contribution < -0.4 is 4.90 Å². The predicted octanol–water partition coefficient (Wildman–Crippen LogP) is 1.62. The fourth-order valence-corrected chi connectivity index (χ4v) is 2.53. The van der Waals surface area contributed by atoms with Crippen molar-refractivity contribution in [3.63, 3.8) is 0 Å². The van der Waals surface area contributed by atoms with E-state index in [1.165, 1.54) is 0 Å². The van der Waals surface area contributed by atoms with E-state index < -0.39 is 5.97 Å². The molecule has 1 fully saturated rings. The van der Waals surface area contributed by atoms with Crippen LogP contribution in [0.4, 0.5) is 5.82 Å². The van der Waals surface area contributed by atoms with Crippen LogP contribution in [0.15, 0.2) is 12.1 Å². The first kappa shape index (κ1) is 13.8. The van der Waals surface area contributed by atoms with Gasteiger partial charge in [0, 0.05) is 31.4 Å². The zero-order valence-electron chi connectivity index (χ0n) is 11.8. The first-order valence-electron chi connectivity index (χ1n) is 6.68. The maximum absolute atomic E-state index is 11.1. The molecule has 1 aliphatic rings. The number of aryl methyl sites for hydroxylation is 1. The smallest absolute Gasteiger partial charge is 0.335 e. The van der Waals surface area contributed by atoms with Crippen molar-refractivity contribution in [1.29, 1.82) is 0 Å². The minimum atomic E-state index is -0.895. The number of anilines is 1. The van der Waals surface area contributed by atoms with E-state index in [0.29, 0.717) is 11.6 Å². The molecule has 0 amide bonds. The van der Waals surface area contributed by atoms with Gasteiger partial charge in [0.1, 0.15) is 5.82 Å². The molecule has 1 saturated heterocycles. The van der Waals surface area contributed by atoms with Gasteiger partial charge in [0.25, 0.3) is 0 Å². The van der Waals surface area contributed by atoms with Gasteiger partial charge in [-0.15, -0.1) is 0 Å². The van der Waals surface area contributed by atoms with Gasteiger partial charge in [-0.1, -0.05) is 6.92 Å². The molecule has 1 N–H and O–H groups in total. The fraction of sp³-hybridized carbons (Fsp3) is 0.571. The van der Waals surface area contributed by atoms with Gasteiger partial charge in [-0.3, -0.25) is 4.90 Å². The van der Waals surface area contributed by atoms with Crippen molar-refractivity contribution in [2.45, 2.75) is 26.3 Å². The summed E-state index contributed by atoms with van der Waals surface area (Å²) in [5.74, 6) is -0.114. The molecule has 2 heterocycles. The number of piperazine rings is 1. The highest BCUT2D eigenvalue weighted by molar-refractivity contribution is 5.88. The summed E-state index contributed by atoms with van der Waals surface area (Å²) >= 11 is 0.